The maximum atomic E-state index is 12.7. The molecule has 0 spiro atoms. The Hall–Kier alpha value is -1.63. The minimum absolute atomic E-state index is 0.124. The number of anilines is 1. The van der Waals surface area contributed by atoms with Crippen LogP contribution in [-0.4, -0.2) is 48.5 Å². The quantitative estimate of drug-likeness (QED) is 0.659. The largest absolute Gasteiger partial charge is 0.443 e. The van der Waals surface area contributed by atoms with Gasteiger partial charge in [-0.3, -0.25) is 4.90 Å². The first-order valence-electron chi connectivity index (χ1n) is 10.2. The molecule has 1 aromatic rings. The average Bonchev–Trinajstić information content (AvgIpc) is 2.63. The number of nitrogens with zero attached hydrogens (tertiary/aromatic N) is 1. The Morgan fingerprint density at radius 2 is 1.93 bits per heavy atom. The Labute approximate surface area is 168 Å². The number of hydrogen-bond donors (Lipinski definition) is 1. The van der Waals surface area contributed by atoms with Gasteiger partial charge in [-0.15, -0.1) is 0 Å². The van der Waals surface area contributed by atoms with Gasteiger partial charge in [-0.25, -0.2) is 4.79 Å². The van der Waals surface area contributed by atoms with E-state index in [9.17, 15) is 9.90 Å². The van der Waals surface area contributed by atoms with Crippen LogP contribution in [0.25, 0.3) is 0 Å². The van der Waals surface area contributed by atoms with Crippen LogP contribution in [0.2, 0.25) is 0 Å². The van der Waals surface area contributed by atoms with Gasteiger partial charge in [-0.2, -0.15) is 0 Å². The number of carbonyl (C=O) groups is 1. The molecule has 6 nitrogen and oxygen atoms in total. The number of carbonyl (C=O) groups excluding carboxylic acids is 1. The van der Waals surface area contributed by atoms with Gasteiger partial charge in [-0.05, 0) is 71.9 Å². The van der Waals surface area contributed by atoms with Crippen LogP contribution in [-0.2, 0) is 14.2 Å². The zero-order valence-electron chi connectivity index (χ0n) is 17.6. The van der Waals surface area contributed by atoms with Crippen molar-refractivity contribution in [2.24, 2.45) is 0 Å². The van der Waals surface area contributed by atoms with E-state index in [2.05, 4.69) is 0 Å². The van der Waals surface area contributed by atoms with Crippen LogP contribution in [0.5, 0.6) is 0 Å². The lowest BCUT2D eigenvalue weighted by Gasteiger charge is -2.33. The topological polar surface area (TPSA) is 68.2 Å². The van der Waals surface area contributed by atoms with Gasteiger partial charge in [0.25, 0.3) is 0 Å². The Bertz CT molecular complexity index is 591. The molecule has 1 fully saturated rings. The highest BCUT2D eigenvalue weighted by atomic mass is 16.7. The highest BCUT2D eigenvalue weighted by Gasteiger charge is 2.30. The number of benzene rings is 1. The van der Waals surface area contributed by atoms with E-state index >= 15 is 0 Å². The predicted molar refractivity (Wildman–Crippen MR) is 109 cm³/mol. The summed E-state index contributed by atoms with van der Waals surface area (Å²) < 4.78 is 16.8. The summed E-state index contributed by atoms with van der Waals surface area (Å²) in [6.45, 7) is 8.66. The third-order valence-corrected chi connectivity index (χ3v) is 4.48. The van der Waals surface area contributed by atoms with Crippen LogP contribution < -0.4 is 4.90 Å². The third kappa shape index (κ3) is 8.17. The van der Waals surface area contributed by atoms with Gasteiger partial charge in [0.15, 0.2) is 6.29 Å². The van der Waals surface area contributed by atoms with E-state index in [0.29, 0.717) is 25.1 Å². The Morgan fingerprint density at radius 3 is 2.54 bits per heavy atom. The first kappa shape index (κ1) is 22.7. The van der Waals surface area contributed by atoms with Crippen LogP contribution in [0.1, 0.15) is 59.8 Å². The summed E-state index contributed by atoms with van der Waals surface area (Å²) in [6, 6.07) is 9.28. The van der Waals surface area contributed by atoms with Crippen molar-refractivity contribution < 1.29 is 24.1 Å². The molecule has 158 valence electrons. The van der Waals surface area contributed by atoms with E-state index in [1.807, 2.05) is 51.1 Å². The molecule has 1 N–H and O–H groups in total. The second kappa shape index (κ2) is 10.2. The molecule has 2 rings (SSSR count). The van der Waals surface area contributed by atoms with Crippen LogP contribution in [0.15, 0.2) is 30.3 Å². The molecule has 1 saturated heterocycles. The molecule has 6 heteroatoms. The van der Waals surface area contributed by atoms with Crippen LogP contribution in [0.3, 0.4) is 0 Å². The van der Waals surface area contributed by atoms with Gasteiger partial charge in [-0.1, -0.05) is 18.2 Å². The first-order valence-corrected chi connectivity index (χ1v) is 10.2. The van der Waals surface area contributed by atoms with Crippen molar-refractivity contribution in [3.05, 3.63) is 30.3 Å². The molecule has 28 heavy (non-hydrogen) atoms. The fourth-order valence-corrected chi connectivity index (χ4v) is 3.12. The summed E-state index contributed by atoms with van der Waals surface area (Å²) in [5, 5.41) is 10.9. The van der Waals surface area contributed by atoms with Crippen molar-refractivity contribution >= 4 is 11.8 Å². The summed E-state index contributed by atoms with van der Waals surface area (Å²) in [5.41, 5.74) is -0.975. The van der Waals surface area contributed by atoms with Crippen molar-refractivity contribution in [1.29, 1.82) is 0 Å². The maximum Gasteiger partial charge on any atom is 0.414 e. The number of rotatable bonds is 8. The lowest BCUT2D eigenvalue weighted by atomic mass is 9.99. The second-order valence-corrected chi connectivity index (χ2v) is 8.67. The lowest BCUT2D eigenvalue weighted by Crippen LogP contribution is -2.46. The number of aliphatic hydroxyl groups is 1. The minimum Gasteiger partial charge on any atom is -0.443 e. The highest BCUT2D eigenvalue weighted by Crippen LogP contribution is 2.23. The molecule has 1 heterocycles. The zero-order valence-corrected chi connectivity index (χ0v) is 17.6. The Kier molecular flexibility index (Phi) is 8.28. The normalized spacial score (nSPS) is 19.7. The minimum atomic E-state index is -1.07. The molecule has 0 radical (unpaired) electrons. The molecule has 0 aromatic heterocycles. The van der Waals surface area contributed by atoms with E-state index in [1.165, 1.54) is 4.90 Å². The smallest absolute Gasteiger partial charge is 0.414 e. The van der Waals surface area contributed by atoms with E-state index < -0.39 is 17.3 Å². The fraction of sp³-hybridized carbons (Fsp3) is 0.682. The van der Waals surface area contributed by atoms with Crippen molar-refractivity contribution in [1.82, 2.24) is 0 Å². The lowest BCUT2D eigenvalue weighted by molar-refractivity contribution is -0.164. The average molecular weight is 394 g/mol. The number of para-hydroxylation sites is 1. The summed E-state index contributed by atoms with van der Waals surface area (Å²) in [5.74, 6) is 0. The summed E-state index contributed by atoms with van der Waals surface area (Å²) in [4.78, 5) is 14.2. The molecular formula is C22H35NO5. The van der Waals surface area contributed by atoms with E-state index in [-0.39, 0.29) is 12.8 Å². The second-order valence-electron chi connectivity index (χ2n) is 8.67. The van der Waals surface area contributed by atoms with Gasteiger partial charge in [0.2, 0.25) is 0 Å². The molecule has 1 amide bonds. The van der Waals surface area contributed by atoms with Crippen molar-refractivity contribution in [3.8, 4) is 0 Å². The number of hydrogen-bond acceptors (Lipinski definition) is 5. The summed E-state index contributed by atoms with van der Waals surface area (Å²) >= 11 is 0. The van der Waals surface area contributed by atoms with Crippen LogP contribution >= 0.6 is 0 Å². The van der Waals surface area contributed by atoms with E-state index in [1.54, 1.807) is 6.92 Å². The van der Waals surface area contributed by atoms with Gasteiger partial charge in [0.05, 0.1) is 12.1 Å². The molecular weight excluding hydrogens is 358 g/mol. The Balaban J connectivity index is 1.92. The molecule has 1 aliphatic heterocycles. The van der Waals surface area contributed by atoms with Crippen molar-refractivity contribution in [2.75, 3.05) is 24.7 Å². The molecule has 2 unspecified atom stereocenters. The third-order valence-electron chi connectivity index (χ3n) is 4.48. The summed E-state index contributed by atoms with van der Waals surface area (Å²) in [7, 11) is 0. The van der Waals surface area contributed by atoms with Gasteiger partial charge in [0.1, 0.15) is 5.60 Å². The fourth-order valence-electron chi connectivity index (χ4n) is 3.12. The van der Waals surface area contributed by atoms with Crippen molar-refractivity contribution in [3.63, 3.8) is 0 Å². The maximum absolute atomic E-state index is 12.7. The number of amides is 1. The Morgan fingerprint density at radius 1 is 1.21 bits per heavy atom. The zero-order chi connectivity index (χ0) is 20.6. The molecule has 1 aromatic carbocycles. The SMILES string of the molecule is CC(O)(CCCOC1CCCCO1)CN(C(=O)OC(C)(C)C)c1ccccc1. The van der Waals surface area contributed by atoms with Gasteiger partial charge >= 0.3 is 6.09 Å². The molecule has 0 bridgehead atoms. The van der Waals surface area contributed by atoms with Crippen molar-refractivity contribution in [2.45, 2.75) is 77.3 Å². The first-order chi connectivity index (χ1) is 13.2. The van der Waals surface area contributed by atoms with Gasteiger partial charge in [0, 0.05) is 18.9 Å². The molecule has 1 aliphatic rings. The molecule has 0 saturated carbocycles. The van der Waals surface area contributed by atoms with Gasteiger partial charge < -0.3 is 19.3 Å². The molecule has 2 atom stereocenters. The predicted octanol–water partition coefficient (Wildman–Crippen LogP) is 4.50. The number of ether oxygens (including phenoxy) is 3. The standard InChI is InChI=1S/C22H35NO5/c1-21(2,3)28-20(24)23(18-11-6-5-7-12-18)17-22(4,25)14-10-16-27-19-13-8-9-15-26-19/h5-7,11-12,19,25H,8-10,13-17H2,1-4H3. The van der Waals surface area contributed by atoms with Crippen LogP contribution in [0.4, 0.5) is 10.5 Å². The van der Waals surface area contributed by atoms with Crippen LogP contribution in [0, 0.1) is 0 Å². The monoisotopic (exact) mass is 393 g/mol. The van der Waals surface area contributed by atoms with E-state index in [4.69, 9.17) is 14.2 Å². The molecule has 0 aliphatic carbocycles. The summed E-state index contributed by atoms with van der Waals surface area (Å²) in [6.07, 6.45) is 3.75. The highest BCUT2D eigenvalue weighted by molar-refractivity contribution is 5.88. The van der Waals surface area contributed by atoms with E-state index in [0.717, 1.165) is 25.9 Å².